The van der Waals surface area contributed by atoms with Gasteiger partial charge in [-0.1, -0.05) is 18.2 Å². The Hall–Kier alpha value is -3.02. The number of amides is 1. The van der Waals surface area contributed by atoms with Gasteiger partial charge in [-0.25, -0.2) is 4.68 Å². The Morgan fingerprint density at radius 2 is 1.77 bits per heavy atom. The number of benzene rings is 2. The summed E-state index contributed by atoms with van der Waals surface area (Å²) in [7, 11) is 3.46. The third-order valence-corrected chi connectivity index (χ3v) is 4.91. The number of rotatable bonds is 3. The Morgan fingerprint density at radius 1 is 1.04 bits per heavy atom. The predicted molar refractivity (Wildman–Crippen MR) is 102 cm³/mol. The largest absolute Gasteiger partial charge is 0.481 e. The zero-order valence-electron chi connectivity index (χ0n) is 15.1. The molecule has 26 heavy (non-hydrogen) atoms. The van der Waals surface area contributed by atoms with E-state index in [0.717, 1.165) is 37.1 Å². The van der Waals surface area contributed by atoms with Crippen molar-refractivity contribution in [2.45, 2.75) is 0 Å². The van der Waals surface area contributed by atoms with Crippen LogP contribution in [-0.4, -0.2) is 53.9 Å². The normalized spacial score (nSPS) is 14.7. The van der Waals surface area contributed by atoms with Crippen LogP contribution >= 0.6 is 0 Å². The second-order valence-electron chi connectivity index (χ2n) is 6.48. The van der Waals surface area contributed by atoms with Crippen LogP contribution in [0.25, 0.3) is 10.9 Å². The molecule has 1 saturated heterocycles. The van der Waals surface area contributed by atoms with E-state index in [2.05, 4.69) is 22.1 Å². The summed E-state index contributed by atoms with van der Waals surface area (Å²) >= 11 is 0. The number of methoxy groups -OCH3 is 1. The SMILES string of the molecule is COc1c2ccc(C(=O)N3CCN(c4ccccc4)CC3)cc2nn1C. The van der Waals surface area contributed by atoms with Gasteiger partial charge in [-0.2, -0.15) is 5.10 Å². The molecule has 2 aromatic carbocycles. The van der Waals surface area contributed by atoms with Gasteiger partial charge in [0.15, 0.2) is 0 Å². The van der Waals surface area contributed by atoms with Crippen molar-refractivity contribution in [2.24, 2.45) is 7.05 Å². The van der Waals surface area contributed by atoms with Gasteiger partial charge in [0, 0.05) is 44.5 Å². The van der Waals surface area contributed by atoms with Crippen LogP contribution in [0.3, 0.4) is 0 Å². The van der Waals surface area contributed by atoms with Gasteiger partial charge in [0.1, 0.15) is 0 Å². The zero-order chi connectivity index (χ0) is 18.1. The third-order valence-electron chi connectivity index (χ3n) is 4.91. The van der Waals surface area contributed by atoms with E-state index in [0.29, 0.717) is 11.4 Å². The summed E-state index contributed by atoms with van der Waals surface area (Å²) in [4.78, 5) is 17.1. The second kappa shape index (κ2) is 6.71. The first-order chi connectivity index (χ1) is 12.7. The highest BCUT2D eigenvalue weighted by atomic mass is 16.5. The number of fused-ring (bicyclic) bond motifs is 1. The van der Waals surface area contributed by atoms with Gasteiger partial charge in [0.2, 0.25) is 5.88 Å². The lowest BCUT2D eigenvalue weighted by atomic mass is 10.1. The van der Waals surface area contributed by atoms with Gasteiger partial charge in [0.05, 0.1) is 18.0 Å². The Kier molecular flexibility index (Phi) is 4.24. The van der Waals surface area contributed by atoms with E-state index < -0.39 is 0 Å². The van der Waals surface area contributed by atoms with Crippen molar-refractivity contribution >= 4 is 22.5 Å². The number of nitrogens with zero attached hydrogens (tertiary/aromatic N) is 4. The van der Waals surface area contributed by atoms with Crippen LogP contribution in [0.5, 0.6) is 5.88 Å². The molecule has 0 radical (unpaired) electrons. The molecule has 0 N–H and O–H groups in total. The molecule has 1 aromatic heterocycles. The van der Waals surface area contributed by atoms with Crippen molar-refractivity contribution in [1.29, 1.82) is 0 Å². The van der Waals surface area contributed by atoms with Gasteiger partial charge >= 0.3 is 0 Å². The molecule has 6 nitrogen and oxygen atoms in total. The summed E-state index contributed by atoms with van der Waals surface area (Å²) < 4.78 is 7.06. The highest BCUT2D eigenvalue weighted by Crippen LogP contribution is 2.26. The van der Waals surface area contributed by atoms with Crippen molar-refractivity contribution in [3.05, 3.63) is 54.1 Å². The molecule has 0 spiro atoms. The number of para-hydroxylation sites is 1. The number of anilines is 1. The maximum atomic E-state index is 12.9. The van der Waals surface area contributed by atoms with E-state index in [1.165, 1.54) is 5.69 Å². The molecule has 6 heteroatoms. The maximum absolute atomic E-state index is 12.9. The summed E-state index contributed by atoms with van der Waals surface area (Å²) in [6.45, 7) is 3.12. The number of aromatic nitrogens is 2. The van der Waals surface area contributed by atoms with Crippen molar-refractivity contribution < 1.29 is 9.53 Å². The molecule has 1 amide bonds. The first-order valence-electron chi connectivity index (χ1n) is 8.77. The number of aryl methyl sites for hydroxylation is 1. The van der Waals surface area contributed by atoms with Crippen LogP contribution in [0.1, 0.15) is 10.4 Å². The fourth-order valence-corrected chi connectivity index (χ4v) is 3.54. The molecule has 1 fully saturated rings. The monoisotopic (exact) mass is 350 g/mol. The topological polar surface area (TPSA) is 50.6 Å². The van der Waals surface area contributed by atoms with E-state index in [4.69, 9.17) is 4.74 Å². The lowest BCUT2D eigenvalue weighted by Gasteiger charge is -2.36. The molecule has 4 rings (SSSR count). The fourth-order valence-electron chi connectivity index (χ4n) is 3.54. The number of carbonyl (C=O) groups is 1. The summed E-state index contributed by atoms with van der Waals surface area (Å²) in [5.74, 6) is 0.764. The van der Waals surface area contributed by atoms with Gasteiger partial charge in [-0.3, -0.25) is 4.79 Å². The molecule has 0 aliphatic carbocycles. The number of piperazine rings is 1. The number of carbonyl (C=O) groups excluding carboxylic acids is 1. The Labute approximate surface area is 152 Å². The molecule has 1 aliphatic rings. The average molecular weight is 350 g/mol. The van der Waals surface area contributed by atoms with Crippen LogP contribution in [0.15, 0.2) is 48.5 Å². The molecule has 134 valence electrons. The number of hydrogen-bond donors (Lipinski definition) is 0. The van der Waals surface area contributed by atoms with Crippen molar-refractivity contribution in [3.63, 3.8) is 0 Å². The molecule has 0 atom stereocenters. The standard InChI is InChI=1S/C20H22N4O2/c1-22-20(26-2)17-9-8-15(14-18(17)21-22)19(25)24-12-10-23(11-13-24)16-6-4-3-5-7-16/h3-9,14H,10-13H2,1-2H3. The highest BCUT2D eigenvalue weighted by Gasteiger charge is 2.23. The van der Waals surface area contributed by atoms with Gasteiger partial charge in [0.25, 0.3) is 5.91 Å². The van der Waals surface area contributed by atoms with Crippen LogP contribution in [0, 0.1) is 0 Å². The molecule has 0 unspecified atom stereocenters. The van der Waals surface area contributed by atoms with Gasteiger partial charge < -0.3 is 14.5 Å². The van der Waals surface area contributed by atoms with Gasteiger partial charge in [-0.05, 0) is 30.3 Å². The minimum Gasteiger partial charge on any atom is -0.481 e. The third kappa shape index (κ3) is 2.87. The molecular formula is C20H22N4O2. The van der Waals surface area contributed by atoms with Crippen LogP contribution < -0.4 is 9.64 Å². The van der Waals surface area contributed by atoms with Crippen molar-refractivity contribution in [1.82, 2.24) is 14.7 Å². The van der Waals surface area contributed by atoms with E-state index >= 15 is 0 Å². The van der Waals surface area contributed by atoms with E-state index in [1.807, 2.05) is 48.3 Å². The Morgan fingerprint density at radius 3 is 2.46 bits per heavy atom. The Balaban J connectivity index is 1.49. The lowest BCUT2D eigenvalue weighted by molar-refractivity contribution is 0.0747. The second-order valence-corrected chi connectivity index (χ2v) is 6.48. The first-order valence-corrected chi connectivity index (χ1v) is 8.77. The smallest absolute Gasteiger partial charge is 0.254 e. The van der Waals surface area contributed by atoms with E-state index in [9.17, 15) is 4.79 Å². The van der Waals surface area contributed by atoms with Crippen molar-refractivity contribution in [2.75, 3.05) is 38.2 Å². The van der Waals surface area contributed by atoms with Gasteiger partial charge in [-0.15, -0.1) is 0 Å². The molecule has 1 aliphatic heterocycles. The van der Waals surface area contributed by atoms with E-state index in [1.54, 1.807) is 11.8 Å². The lowest BCUT2D eigenvalue weighted by Crippen LogP contribution is -2.48. The molecular weight excluding hydrogens is 328 g/mol. The predicted octanol–water partition coefficient (Wildman–Crippen LogP) is 2.54. The quantitative estimate of drug-likeness (QED) is 0.728. The van der Waals surface area contributed by atoms with Crippen LogP contribution in [-0.2, 0) is 7.05 Å². The summed E-state index contributed by atoms with van der Waals surface area (Å²) in [5, 5.41) is 5.35. The number of hydrogen-bond acceptors (Lipinski definition) is 4. The van der Waals surface area contributed by atoms with E-state index in [-0.39, 0.29) is 5.91 Å². The first kappa shape index (κ1) is 16.4. The minimum absolute atomic E-state index is 0.0595. The zero-order valence-corrected chi connectivity index (χ0v) is 15.1. The summed E-state index contributed by atoms with van der Waals surface area (Å²) in [6.07, 6.45) is 0. The minimum atomic E-state index is 0.0595. The van der Waals surface area contributed by atoms with Crippen LogP contribution in [0.2, 0.25) is 0 Å². The molecule has 0 bridgehead atoms. The maximum Gasteiger partial charge on any atom is 0.254 e. The highest BCUT2D eigenvalue weighted by molar-refractivity contribution is 5.98. The number of ether oxygens (including phenoxy) is 1. The van der Waals surface area contributed by atoms with Crippen molar-refractivity contribution in [3.8, 4) is 5.88 Å². The summed E-state index contributed by atoms with van der Waals surface area (Å²) in [6, 6.07) is 16.0. The fraction of sp³-hybridized carbons (Fsp3) is 0.300. The molecule has 0 saturated carbocycles. The average Bonchev–Trinajstić information content (AvgIpc) is 3.02. The van der Waals surface area contributed by atoms with Crippen LogP contribution in [0.4, 0.5) is 5.69 Å². The molecule has 2 heterocycles. The summed E-state index contributed by atoms with van der Waals surface area (Å²) in [5.41, 5.74) is 2.66. The Bertz CT molecular complexity index is 928. The molecule has 3 aromatic rings.